The molecule has 0 amide bonds. The van der Waals surface area contributed by atoms with Crippen molar-refractivity contribution in [1.82, 2.24) is 5.32 Å². The summed E-state index contributed by atoms with van der Waals surface area (Å²) in [5.41, 5.74) is 5.73. The summed E-state index contributed by atoms with van der Waals surface area (Å²) in [7, 11) is 1.59. The van der Waals surface area contributed by atoms with E-state index in [2.05, 4.69) is 10.3 Å². The number of hydrogen-bond donors (Lipinski definition) is 3. The number of hydrogen-bond acceptors (Lipinski definition) is 3. The van der Waals surface area contributed by atoms with Gasteiger partial charge in [-0.3, -0.25) is 4.99 Å². The molecule has 0 heterocycles. The predicted molar refractivity (Wildman–Crippen MR) is 59.8 cm³/mol. The summed E-state index contributed by atoms with van der Waals surface area (Å²) >= 11 is 0. The van der Waals surface area contributed by atoms with Gasteiger partial charge >= 0.3 is 0 Å². The molecule has 0 aliphatic heterocycles. The van der Waals surface area contributed by atoms with E-state index in [4.69, 9.17) is 15.6 Å². The minimum atomic E-state index is -0.167. The van der Waals surface area contributed by atoms with Gasteiger partial charge in [0.2, 0.25) is 0 Å². The number of nitrogens with two attached hydrogens (primary N) is 1. The van der Waals surface area contributed by atoms with Crippen LogP contribution in [0.5, 0.6) is 0 Å². The predicted octanol–water partition coefficient (Wildman–Crippen LogP) is -0.159. The first-order chi connectivity index (χ1) is 7.26. The molecule has 1 rings (SSSR count). The quantitative estimate of drug-likeness (QED) is 0.440. The standard InChI is InChI=1S/C10H21N3O2/c1-15-7-9(6-14)13-10(11)12-8-4-2-3-5-8/h8-9,14H,2-7H2,1H3,(H3,11,12,13). The molecule has 0 saturated heterocycles. The highest BCUT2D eigenvalue weighted by Gasteiger charge is 2.15. The number of nitrogens with one attached hydrogen (secondary N) is 1. The van der Waals surface area contributed by atoms with Gasteiger partial charge in [-0.25, -0.2) is 0 Å². The van der Waals surface area contributed by atoms with E-state index < -0.39 is 0 Å². The second-order valence-corrected chi connectivity index (χ2v) is 3.93. The zero-order chi connectivity index (χ0) is 11.1. The maximum Gasteiger partial charge on any atom is 0.189 e. The number of rotatable bonds is 5. The molecule has 0 aromatic carbocycles. The van der Waals surface area contributed by atoms with E-state index in [0.717, 1.165) is 12.8 Å². The van der Waals surface area contributed by atoms with Gasteiger partial charge in [0.25, 0.3) is 0 Å². The Morgan fingerprint density at radius 2 is 2.27 bits per heavy atom. The van der Waals surface area contributed by atoms with Gasteiger partial charge in [-0.2, -0.15) is 0 Å². The lowest BCUT2D eigenvalue weighted by molar-refractivity contribution is 0.137. The summed E-state index contributed by atoms with van der Waals surface area (Å²) in [6.45, 7) is 0.423. The van der Waals surface area contributed by atoms with E-state index in [1.54, 1.807) is 7.11 Å². The van der Waals surface area contributed by atoms with Crippen LogP contribution in [0.3, 0.4) is 0 Å². The highest BCUT2D eigenvalue weighted by atomic mass is 16.5. The number of aliphatic hydroxyl groups excluding tert-OH is 1. The average molecular weight is 215 g/mol. The average Bonchev–Trinajstić information content (AvgIpc) is 2.69. The summed E-state index contributed by atoms with van der Waals surface area (Å²) < 4.78 is 4.93. The fraction of sp³-hybridized carbons (Fsp3) is 0.900. The van der Waals surface area contributed by atoms with Crippen LogP contribution in [-0.4, -0.2) is 43.5 Å². The second kappa shape index (κ2) is 6.63. The van der Waals surface area contributed by atoms with Gasteiger partial charge in [0.1, 0.15) is 0 Å². The lowest BCUT2D eigenvalue weighted by Crippen LogP contribution is -2.45. The van der Waals surface area contributed by atoms with Crippen LogP contribution in [0.25, 0.3) is 0 Å². The third kappa shape index (κ3) is 4.48. The highest BCUT2D eigenvalue weighted by Crippen LogP contribution is 2.20. The van der Waals surface area contributed by atoms with E-state index in [9.17, 15) is 0 Å². The molecule has 1 saturated carbocycles. The second-order valence-electron chi connectivity index (χ2n) is 3.93. The van der Waals surface area contributed by atoms with Crippen molar-refractivity contribution in [2.24, 2.45) is 10.7 Å². The van der Waals surface area contributed by atoms with Crippen LogP contribution < -0.4 is 11.1 Å². The van der Waals surface area contributed by atoms with Gasteiger partial charge in [-0.1, -0.05) is 12.8 Å². The zero-order valence-electron chi connectivity index (χ0n) is 9.28. The van der Waals surface area contributed by atoms with Crippen LogP contribution in [0.2, 0.25) is 0 Å². The SMILES string of the molecule is COCC(CO)NC(N)=NC1CCCC1. The Morgan fingerprint density at radius 3 is 2.80 bits per heavy atom. The molecule has 0 bridgehead atoms. The monoisotopic (exact) mass is 215 g/mol. The van der Waals surface area contributed by atoms with Crippen molar-refractivity contribution in [3.05, 3.63) is 0 Å². The number of ether oxygens (including phenoxy) is 1. The molecule has 0 aromatic rings. The molecular weight excluding hydrogens is 194 g/mol. The number of guanidine groups is 1. The Kier molecular flexibility index (Phi) is 5.42. The summed E-state index contributed by atoms with van der Waals surface area (Å²) in [6.07, 6.45) is 4.72. The van der Waals surface area contributed by atoms with Crippen molar-refractivity contribution >= 4 is 5.96 Å². The molecule has 15 heavy (non-hydrogen) atoms. The van der Waals surface area contributed by atoms with Gasteiger partial charge in [0.15, 0.2) is 5.96 Å². The lowest BCUT2D eigenvalue weighted by atomic mass is 10.3. The number of aliphatic imine (C=N–C) groups is 1. The first-order valence-electron chi connectivity index (χ1n) is 5.46. The maximum atomic E-state index is 9.01. The van der Waals surface area contributed by atoms with E-state index in [1.165, 1.54) is 12.8 Å². The van der Waals surface area contributed by atoms with Crippen LogP contribution in [0.1, 0.15) is 25.7 Å². The van der Waals surface area contributed by atoms with E-state index >= 15 is 0 Å². The summed E-state index contributed by atoms with van der Waals surface area (Å²) in [5.74, 6) is 0.415. The van der Waals surface area contributed by atoms with Crippen LogP contribution >= 0.6 is 0 Å². The minimum absolute atomic E-state index is 0.00523. The van der Waals surface area contributed by atoms with Gasteiger partial charge in [0, 0.05) is 7.11 Å². The number of methoxy groups -OCH3 is 1. The van der Waals surface area contributed by atoms with Crippen molar-refractivity contribution in [3.63, 3.8) is 0 Å². The van der Waals surface area contributed by atoms with Gasteiger partial charge in [-0.15, -0.1) is 0 Å². The van der Waals surface area contributed by atoms with Gasteiger partial charge < -0.3 is 20.9 Å². The molecule has 0 radical (unpaired) electrons. The topological polar surface area (TPSA) is 79.9 Å². The largest absolute Gasteiger partial charge is 0.394 e. The first-order valence-corrected chi connectivity index (χ1v) is 5.46. The Hall–Kier alpha value is -0.810. The Bertz CT molecular complexity index is 203. The number of aliphatic hydroxyl groups is 1. The molecule has 1 aliphatic rings. The summed E-state index contributed by atoms with van der Waals surface area (Å²) in [6, 6.07) is 0.194. The van der Waals surface area contributed by atoms with Crippen LogP contribution in [-0.2, 0) is 4.74 Å². The van der Waals surface area contributed by atoms with Crippen LogP contribution in [0.15, 0.2) is 4.99 Å². The Balaban J connectivity index is 2.34. The molecule has 1 unspecified atom stereocenters. The zero-order valence-corrected chi connectivity index (χ0v) is 9.28. The van der Waals surface area contributed by atoms with Crippen molar-refractivity contribution < 1.29 is 9.84 Å². The van der Waals surface area contributed by atoms with Crippen molar-refractivity contribution in [3.8, 4) is 0 Å². The smallest absolute Gasteiger partial charge is 0.189 e. The Labute approximate surface area is 90.7 Å². The van der Waals surface area contributed by atoms with Gasteiger partial charge in [-0.05, 0) is 12.8 Å². The van der Waals surface area contributed by atoms with Crippen LogP contribution in [0, 0.1) is 0 Å². The molecule has 88 valence electrons. The molecular formula is C10H21N3O2. The lowest BCUT2D eigenvalue weighted by Gasteiger charge is -2.16. The fourth-order valence-electron chi connectivity index (χ4n) is 1.82. The molecule has 0 spiro atoms. The van der Waals surface area contributed by atoms with Crippen molar-refractivity contribution in [2.75, 3.05) is 20.3 Å². The van der Waals surface area contributed by atoms with Crippen molar-refractivity contribution in [1.29, 1.82) is 0 Å². The third-order valence-corrected chi connectivity index (χ3v) is 2.59. The van der Waals surface area contributed by atoms with E-state index in [0.29, 0.717) is 18.6 Å². The molecule has 5 heteroatoms. The maximum absolute atomic E-state index is 9.01. The normalized spacial score (nSPS) is 20.5. The van der Waals surface area contributed by atoms with E-state index in [-0.39, 0.29) is 12.6 Å². The first kappa shape index (κ1) is 12.3. The van der Waals surface area contributed by atoms with Crippen LogP contribution in [0.4, 0.5) is 0 Å². The van der Waals surface area contributed by atoms with E-state index in [1.807, 2.05) is 0 Å². The molecule has 1 fully saturated rings. The molecule has 1 aliphatic carbocycles. The number of nitrogens with zero attached hydrogens (tertiary/aromatic N) is 1. The van der Waals surface area contributed by atoms with Crippen molar-refractivity contribution in [2.45, 2.75) is 37.8 Å². The highest BCUT2D eigenvalue weighted by molar-refractivity contribution is 5.78. The molecule has 0 aromatic heterocycles. The summed E-state index contributed by atoms with van der Waals surface area (Å²) in [4.78, 5) is 4.36. The molecule has 4 N–H and O–H groups in total. The minimum Gasteiger partial charge on any atom is -0.394 e. The fourth-order valence-corrected chi connectivity index (χ4v) is 1.82. The third-order valence-electron chi connectivity index (χ3n) is 2.59. The summed E-state index contributed by atoms with van der Waals surface area (Å²) in [5, 5.41) is 12.0. The van der Waals surface area contributed by atoms with Gasteiger partial charge in [0.05, 0.1) is 25.3 Å². The molecule has 5 nitrogen and oxygen atoms in total. The molecule has 1 atom stereocenters. The Morgan fingerprint density at radius 1 is 1.60 bits per heavy atom.